The van der Waals surface area contributed by atoms with Crippen molar-refractivity contribution in [2.24, 2.45) is 4.99 Å². The van der Waals surface area contributed by atoms with Crippen molar-refractivity contribution in [1.82, 2.24) is 20.3 Å². The first kappa shape index (κ1) is 21.0. The molecule has 2 aromatic carbocycles. The topological polar surface area (TPSA) is 95.1 Å². The Bertz CT molecular complexity index is 1280. The Kier molecular flexibility index (Phi) is 6.01. The molecule has 0 saturated heterocycles. The van der Waals surface area contributed by atoms with E-state index in [1.54, 1.807) is 18.3 Å². The van der Waals surface area contributed by atoms with Crippen LogP contribution in [-0.2, 0) is 6.54 Å². The maximum atomic E-state index is 12.8. The van der Waals surface area contributed by atoms with Crippen LogP contribution in [0.15, 0.2) is 47.7 Å². The van der Waals surface area contributed by atoms with Crippen molar-refractivity contribution in [2.45, 2.75) is 27.3 Å². The van der Waals surface area contributed by atoms with Crippen LogP contribution in [0.3, 0.4) is 0 Å². The highest BCUT2D eigenvalue weighted by Gasteiger charge is 2.15. The number of hydrogen-bond donors (Lipinski definition) is 3. The van der Waals surface area contributed by atoms with Gasteiger partial charge < -0.3 is 15.6 Å². The molecule has 0 bridgehead atoms. The van der Waals surface area contributed by atoms with Crippen LogP contribution < -0.4 is 10.6 Å². The van der Waals surface area contributed by atoms with E-state index in [1.807, 2.05) is 50.2 Å². The van der Waals surface area contributed by atoms with E-state index in [9.17, 15) is 4.79 Å². The van der Waals surface area contributed by atoms with Crippen molar-refractivity contribution in [3.8, 4) is 0 Å². The number of carbonyl (C=O) groups excluding carboxylic acids is 1. The van der Waals surface area contributed by atoms with Gasteiger partial charge in [0.05, 0.1) is 27.2 Å². The maximum Gasteiger partial charge on any atom is 0.276 e. The molecule has 0 aliphatic heterocycles. The van der Waals surface area contributed by atoms with Crippen LogP contribution in [0, 0.1) is 13.8 Å². The number of aliphatic imine (C=N–C) groups is 1. The summed E-state index contributed by atoms with van der Waals surface area (Å²) >= 11 is 7.54. The van der Waals surface area contributed by atoms with Gasteiger partial charge in [-0.25, -0.2) is 15.0 Å². The molecule has 158 valence electrons. The number of amides is 1. The van der Waals surface area contributed by atoms with Crippen LogP contribution in [-0.4, -0.2) is 26.7 Å². The number of halogens is 1. The highest BCUT2D eigenvalue weighted by Crippen LogP contribution is 2.29. The lowest BCUT2D eigenvalue weighted by molar-refractivity contribution is 0.0973. The standard InChI is InChI=1S/C22H21ClN6OS/c1-12-8-18-19(31-14(3)29-18)9-17(12)27-13(2)28-22(30)20-21(26-11-25-20)24-10-15-4-6-16(23)7-5-15/h4-9,11,24H,10H2,1-3H3,(H,25,26)(H,27,28,30). The van der Waals surface area contributed by atoms with Crippen molar-refractivity contribution in [3.63, 3.8) is 0 Å². The molecule has 0 aliphatic rings. The Balaban J connectivity index is 1.46. The zero-order chi connectivity index (χ0) is 22.0. The second kappa shape index (κ2) is 8.87. The molecule has 0 saturated carbocycles. The van der Waals surface area contributed by atoms with Crippen molar-refractivity contribution in [3.05, 3.63) is 69.6 Å². The third kappa shape index (κ3) is 4.92. The van der Waals surface area contributed by atoms with Crippen LogP contribution in [0.5, 0.6) is 0 Å². The van der Waals surface area contributed by atoms with Gasteiger partial charge in [0.2, 0.25) is 0 Å². The summed E-state index contributed by atoms with van der Waals surface area (Å²) in [5.41, 5.74) is 4.14. The molecule has 2 aromatic heterocycles. The molecule has 0 aliphatic carbocycles. The summed E-state index contributed by atoms with van der Waals surface area (Å²) in [7, 11) is 0. The molecule has 9 heteroatoms. The number of anilines is 1. The fourth-order valence-corrected chi connectivity index (χ4v) is 4.10. The highest BCUT2D eigenvalue weighted by molar-refractivity contribution is 7.18. The minimum absolute atomic E-state index is 0.315. The van der Waals surface area contributed by atoms with E-state index in [4.69, 9.17) is 11.6 Å². The van der Waals surface area contributed by atoms with Gasteiger partial charge >= 0.3 is 0 Å². The van der Waals surface area contributed by atoms with Crippen molar-refractivity contribution in [2.75, 3.05) is 5.32 Å². The van der Waals surface area contributed by atoms with Crippen LogP contribution >= 0.6 is 22.9 Å². The Morgan fingerprint density at radius 3 is 2.77 bits per heavy atom. The molecule has 2 heterocycles. The summed E-state index contributed by atoms with van der Waals surface area (Å²) < 4.78 is 1.07. The number of aromatic nitrogens is 3. The molecular weight excluding hydrogens is 432 g/mol. The van der Waals surface area contributed by atoms with Crippen LogP contribution in [0.25, 0.3) is 10.2 Å². The Morgan fingerprint density at radius 2 is 2.00 bits per heavy atom. The average Bonchev–Trinajstić information content (AvgIpc) is 3.33. The van der Waals surface area contributed by atoms with Gasteiger partial charge in [0.1, 0.15) is 11.5 Å². The van der Waals surface area contributed by atoms with Gasteiger partial charge in [-0.15, -0.1) is 11.3 Å². The number of imidazole rings is 1. The summed E-state index contributed by atoms with van der Waals surface area (Å²) in [6.45, 7) is 6.24. The second-order valence-corrected chi connectivity index (χ2v) is 8.77. The average molecular weight is 453 g/mol. The summed E-state index contributed by atoms with van der Waals surface area (Å²) in [6.07, 6.45) is 1.48. The molecule has 4 rings (SSSR count). The number of amidine groups is 1. The lowest BCUT2D eigenvalue weighted by Gasteiger charge is -2.08. The molecular formula is C22H21ClN6OS. The predicted octanol–water partition coefficient (Wildman–Crippen LogP) is 5.38. The number of aromatic amines is 1. The van der Waals surface area contributed by atoms with Crippen molar-refractivity contribution < 1.29 is 4.79 Å². The first-order chi connectivity index (χ1) is 14.9. The smallest absolute Gasteiger partial charge is 0.276 e. The number of aryl methyl sites for hydroxylation is 2. The first-order valence-electron chi connectivity index (χ1n) is 9.65. The van der Waals surface area contributed by atoms with Gasteiger partial charge in [-0.1, -0.05) is 23.7 Å². The fourth-order valence-electron chi connectivity index (χ4n) is 3.13. The monoisotopic (exact) mass is 452 g/mol. The van der Waals surface area contributed by atoms with Crippen molar-refractivity contribution in [1.29, 1.82) is 0 Å². The zero-order valence-corrected chi connectivity index (χ0v) is 18.9. The molecule has 0 fully saturated rings. The number of nitrogens with zero attached hydrogens (tertiary/aromatic N) is 3. The highest BCUT2D eigenvalue weighted by atomic mass is 35.5. The molecule has 4 aromatic rings. The van der Waals surface area contributed by atoms with E-state index >= 15 is 0 Å². The van der Waals surface area contributed by atoms with Gasteiger partial charge in [0.15, 0.2) is 5.82 Å². The number of nitrogens with one attached hydrogen (secondary N) is 3. The lowest BCUT2D eigenvalue weighted by Crippen LogP contribution is -2.29. The summed E-state index contributed by atoms with van der Waals surface area (Å²) in [5, 5.41) is 7.69. The number of rotatable bonds is 5. The third-order valence-corrected chi connectivity index (χ3v) is 5.82. The Labute approximate surface area is 188 Å². The van der Waals surface area contributed by atoms with Crippen molar-refractivity contribution >= 4 is 56.4 Å². The van der Waals surface area contributed by atoms with E-state index in [1.165, 1.54) is 6.33 Å². The van der Waals surface area contributed by atoms with Gasteiger partial charge in [0.25, 0.3) is 5.91 Å². The minimum Gasteiger partial charge on any atom is -0.364 e. The molecule has 0 unspecified atom stereocenters. The van der Waals surface area contributed by atoms with Crippen LogP contribution in [0.1, 0.15) is 33.5 Å². The number of fused-ring (bicyclic) bond motifs is 1. The van der Waals surface area contributed by atoms with Gasteiger partial charge in [0, 0.05) is 11.6 Å². The van der Waals surface area contributed by atoms with E-state index in [0.717, 1.165) is 32.0 Å². The predicted molar refractivity (Wildman–Crippen MR) is 127 cm³/mol. The SMILES string of the molecule is CC(=Nc1cc2sc(C)nc2cc1C)NC(=O)c1[nH]cnc1NCc1ccc(Cl)cc1. The third-order valence-electron chi connectivity index (χ3n) is 4.64. The normalized spacial score (nSPS) is 11.7. The maximum absolute atomic E-state index is 12.8. The lowest BCUT2D eigenvalue weighted by atomic mass is 10.2. The first-order valence-corrected chi connectivity index (χ1v) is 10.8. The number of benzene rings is 2. The summed E-state index contributed by atoms with van der Waals surface area (Å²) in [6, 6.07) is 11.5. The van der Waals surface area contributed by atoms with Gasteiger partial charge in [-0.3, -0.25) is 4.79 Å². The number of hydrogen-bond acceptors (Lipinski definition) is 6. The molecule has 1 amide bonds. The van der Waals surface area contributed by atoms with E-state index in [-0.39, 0.29) is 5.91 Å². The van der Waals surface area contributed by atoms with Crippen LogP contribution in [0.4, 0.5) is 11.5 Å². The molecule has 3 N–H and O–H groups in total. The zero-order valence-electron chi connectivity index (χ0n) is 17.3. The number of H-pyrrole nitrogens is 1. The molecule has 31 heavy (non-hydrogen) atoms. The van der Waals surface area contributed by atoms with Crippen LogP contribution in [0.2, 0.25) is 5.02 Å². The molecule has 0 radical (unpaired) electrons. The van der Waals surface area contributed by atoms with Gasteiger partial charge in [-0.05, 0) is 56.2 Å². The second-order valence-electron chi connectivity index (χ2n) is 7.10. The largest absolute Gasteiger partial charge is 0.364 e. The Hall–Kier alpha value is -3.23. The summed E-state index contributed by atoms with van der Waals surface area (Å²) in [4.78, 5) is 29.0. The van der Waals surface area contributed by atoms with Gasteiger partial charge in [-0.2, -0.15) is 0 Å². The number of thiazole rings is 1. The summed E-state index contributed by atoms with van der Waals surface area (Å²) in [5.74, 6) is 0.648. The molecule has 0 spiro atoms. The quantitative estimate of drug-likeness (QED) is 0.280. The fraction of sp³-hybridized carbons (Fsp3) is 0.182. The molecule has 0 atom stereocenters. The van der Waals surface area contributed by atoms with E-state index in [2.05, 4.69) is 30.6 Å². The minimum atomic E-state index is -0.315. The Morgan fingerprint density at radius 1 is 1.23 bits per heavy atom. The van der Waals surface area contributed by atoms with E-state index < -0.39 is 0 Å². The number of carbonyl (C=O) groups is 1. The molecule has 7 nitrogen and oxygen atoms in total. The van der Waals surface area contributed by atoms with E-state index in [0.29, 0.717) is 28.9 Å².